The first-order chi connectivity index (χ1) is 6.20. The molecule has 1 atom stereocenters. The minimum atomic E-state index is -0.642. The third-order valence-corrected chi connectivity index (χ3v) is 1.43. The van der Waals surface area contributed by atoms with Gasteiger partial charge >= 0.3 is 0 Å². The van der Waals surface area contributed by atoms with Crippen LogP contribution in [0.15, 0.2) is 0 Å². The smallest absolute Gasteiger partial charge is 0.222 e. The molecule has 13 heavy (non-hydrogen) atoms. The second-order valence-corrected chi connectivity index (χ2v) is 2.66. The second kappa shape index (κ2) is 7.97. The Labute approximate surface area is 78.0 Å². The standard InChI is InChI=1S/C8H17NO4/c1-12-4-3-8(11)9-5-7(10)6-13-2/h7,10H,3-6H2,1-2H3,(H,9,11). The average Bonchev–Trinajstić information content (AvgIpc) is 2.12. The van der Waals surface area contributed by atoms with E-state index in [-0.39, 0.29) is 19.1 Å². The van der Waals surface area contributed by atoms with Gasteiger partial charge in [-0.2, -0.15) is 0 Å². The molecule has 0 aliphatic rings. The maximum Gasteiger partial charge on any atom is 0.222 e. The number of rotatable bonds is 7. The summed E-state index contributed by atoms with van der Waals surface area (Å²) in [5.41, 5.74) is 0. The fourth-order valence-corrected chi connectivity index (χ4v) is 0.766. The maximum absolute atomic E-state index is 11.0. The summed E-state index contributed by atoms with van der Waals surface area (Å²) < 4.78 is 9.41. The van der Waals surface area contributed by atoms with Gasteiger partial charge in [-0.25, -0.2) is 0 Å². The highest BCUT2D eigenvalue weighted by Crippen LogP contribution is 1.84. The van der Waals surface area contributed by atoms with Gasteiger partial charge in [0.1, 0.15) is 0 Å². The SMILES string of the molecule is COCCC(=O)NCC(O)COC. The summed E-state index contributed by atoms with van der Waals surface area (Å²) in [6, 6.07) is 0. The fraction of sp³-hybridized carbons (Fsp3) is 0.875. The van der Waals surface area contributed by atoms with E-state index in [9.17, 15) is 4.79 Å². The Bertz CT molecular complexity index is 140. The third-order valence-electron chi connectivity index (χ3n) is 1.43. The molecule has 0 saturated carbocycles. The number of carbonyl (C=O) groups excluding carboxylic acids is 1. The Balaban J connectivity index is 3.34. The average molecular weight is 191 g/mol. The highest BCUT2D eigenvalue weighted by molar-refractivity contribution is 5.75. The highest BCUT2D eigenvalue weighted by Gasteiger charge is 2.05. The van der Waals surface area contributed by atoms with Crippen molar-refractivity contribution >= 4 is 5.91 Å². The molecular formula is C8H17NO4. The zero-order valence-corrected chi connectivity index (χ0v) is 8.08. The number of hydrogen-bond acceptors (Lipinski definition) is 4. The molecule has 0 aliphatic carbocycles. The van der Waals surface area contributed by atoms with E-state index in [0.29, 0.717) is 13.0 Å². The van der Waals surface area contributed by atoms with Gasteiger partial charge in [0.05, 0.1) is 19.3 Å². The molecule has 0 bridgehead atoms. The number of aliphatic hydroxyl groups excluding tert-OH is 1. The van der Waals surface area contributed by atoms with Crippen LogP contribution in [0.2, 0.25) is 0 Å². The topological polar surface area (TPSA) is 67.8 Å². The van der Waals surface area contributed by atoms with Crippen LogP contribution < -0.4 is 5.32 Å². The molecule has 0 aromatic carbocycles. The Morgan fingerprint density at radius 1 is 1.46 bits per heavy atom. The number of methoxy groups -OCH3 is 2. The number of ether oxygens (including phenoxy) is 2. The number of aliphatic hydroxyl groups is 1. The van der Waals surface area contributed by atoms with E-state index >= 15 is 0 Å². The molecule has 78 valence electrons. The molecule has 5 heteroatoms. The van der Waals surface area contributed by atoms with Crippen LogP contribution in [-0.2, 0) is 14.3 Å². The van der Waals surface area contributed by atoms with Crippen molar-refractivity contribution in [2.45, 2.75) is 12.5 Å². The van der Waals surface area contributed by atoms with E-state index in [1.54, 1.807) is 0 Å². The Hall–Kier alpha value is -0.650. The maximum atomic E-state index is 11.0. The first-order valence-electron chi connectivity index (χ1n) is 4.13. The first kappa shape index (κ1) is 12.3. The molecule has 0 fully saturated rings. The predicted molar refractivity (Wildman–Crippen MR) is 47.4 cm³/mol. The largest absolute Gasteiger partial charge is 0.389 e. The molecule has 0 aliphatic heterocycles. The molecule has 0 spiro atoms. The van der Waals surface area contributed by atoms with Crippen LogP contribution in [0.1, 0.15) is 6.42 Å². The molecule has 0 radical (unpaired) electrons. The molecule has 0 saturated heterocycles. The van der Waals surface area contributed by atoms with Gasteiger partial charge in [-0.15, -0.1) is 0 Å². The Morgan fingerprint density at radius 3 is 2.69 bits per heavy atom. The van der Waals surface area contributed by atoms with Gasteiger partial charge in [-0.3, -0.25) is 4.79 Å². The van der Waals surface area contributed by atoms with Gasteiger partial charge in [0, 0.05) is 27.2 Å². The quantitative estimate of drug-likeness (QED) is 0.550. The number of hydrogen-bond donors (Lipinski definition) is 2. The van der Waals surface area contributed by atoms with Crippen molar-refractivity contribution in [3.8, 4) is 0 Å². The monoisotopic (exact) mass is 191 g/mol. The summed E-state index contributed by atoms with van der Waals surface area (Å²) in [5.74, 6) is -0.128. The zero-order valence-electron chi connectivity index (χ0n) is 8.08. The lowest BCUT2D eigenvalue weighted by Gasteiger charge is -2.10. The third kappa shape index (κ3) is 7.70. The number of amides is 1. The van der Waals surface area contributed by atoms with Gasteiger partial charge in [-0.05, 0) is 0 Å². The number of nitrogens with one attached hydrogen (secondary N) is 1. The van der Waals surface area contributed by atoms with Crippen molar-refractivity contribution in [1.29, 1.82) is 0 Å². The van der Waals surface area contributed by atoms with Crippen molar-refractivity contribution in [2.75, 3.05) is 34.0 Å². The summed E-state index contributed by atoms with van der Waals surface area (Å²) in [4.78, 5) is 11.0. The number of carbonyl (C=O) groups is 1. The van der Waals surface area contributed by atoms with Gasteiger partial charge in [0.15, 0.2) is 0 Å². The lowest BCUT2D eigenvalue weighted by atomic mass is 10.3. The van der Waals surface area contributed by atoms with Crippen LogP contribution in [0.4, 0.5) is 0 Å². The fourth-order valence-electron chi connectivity index (χ4n) is 0.766. The van der Waals surface area contributed by atoms with E-state index in [1.807, 2.05) is 0 Å². The molecular weight excluding hydrogens is 174 g/mol. The second-order valence-electron chi connectivity index (χ2n) is 2.66. The highest BCUT2D eigenvalue weighted by atomic mass is 16.5. The first-order valence-corrected chi connectivity index (χ1v) is 4.13. The van der Waals surface area contributed by atoms with Gasteiger partial charge < -0.3 is 19.9 Å². The van der Waals surface area contributed by atoms with Crippen LogP contribution >= 0.6 is 0 Å². The zero-order chi connectivity index (χ0) is 10.1. The van der Waals surface area contributed by atoms with Crippen molar-refractivity contribution in [3.63, 3.8) is 0 Å². The molecule has 0 rings (SSSR count). The van der Waals surface area contributed by atoms with E-state index in [4.69, 9.17) is 14.6 Å². The van der Waals surface area contributed by atoms with Gasteiger partial charge in [-0.1, -0.05) is 0 Å². The lowest BCUT2D eigenvalue weighted by Crippen LogP contribution is -2.34. The van der Waals surface area contributed by atoms with E-state index in [1.165, 1.54) is 14.2 Å². The summed E-state index contributed by atoms with van der Waals surface area (Å²) in [6.45, 7) is 0.840. The normalized spacial score (nSPS) is 12.5. The van der Waals surface area contributed by atoms with Crippen LogP contribution in [0.5, 0.6) is 0 Å². The van der Waals surface area contributed by atoms with Gasteiger partial charge in [0.2, 0.25) is 5.91 Å². The molecule has 2 N–H and O–H groups in total. The summed E-state index contributed by atoms with van der Waals surface area (Å²) in [5, 5.41) is 11.7. The van der Waals surface area contributed by atoms with Crippen LogP contribution in [0.25, 0.3) is 0 Å². The van der Waals surface area contributed by atoms with Crippen LogP contribution in [0, 0.1) is 0 Å². The molecule has 0 aromatic rings. The molecule has 5 nitrogen and oxygen atoms in total. The molecule has 1 unspecified atom stereocenters. The van der Waals surface area contributed by atoms with Crippen molar-refractivity contribution in [1.82, 2.24) is 5.32 Å². The van der Waals surface area contributed by atoms with Gasteiger partial charge in [0.25, 0.3) is 0 Å². The van der Waals surface area contributed by atoms with Crippen molar-refractivity contribution < 1.29 is 19.4 Å². The molecule has 0 aromatic heterocycles. The Morgan fingerprint density at radius 2 is 2.15 bits per heavy atom. The van der Waals surface area contributed by atoms with E-state index < -0.39 is 6.10 Å². The summed E-state index contributed by atoms with van der Waals surface area (Å²) in [6.07, 6.45) is -0.326. The minimum Gasteiger partial charge on any atom is -0.389 e. The predicted octanol–water partition coefficient (Wildman–Crippen LogP) is -0.854. The van der Waals surface area contributed by atoms with E-state index in [0.717, 1.165) is 0 Å². The summed E-state index contributed by atoms with van der Waals surface area (Å²) >= 11 is 0. The van der Waals surface area contributed by atoms with Crippen LogP contribution in [0.3, 0.4) is 0 Å². The van der Waals surface area contributed by atoms with Crippen molar-refractivity contribution in [2.24, 2.45) is 0 Å². The summed E-state index contributed by atoms with van der Waals surface area (Å²) in [7, 11) is 3.03. The van der Waals surface area contributed by atoms with Crippen LogP contribution in [-0.4, -0.2) is 51.1 Å². The molecule has 0 heterocycles. The lowest BCUT2D eigenvalue weighted by molar-refractivity contribution is -0.122. The minimum absolute atomic E-state index is 0.128. The van der Waals surface area contributed by atoms with Crippen molar-refractivity contribution in [3.05, 3.63) is 0 Å². The Kier molecular flexibility index (Phi) is 7.57. The molecule has 1 amide bonds. The van der Waals surface area contributed by atoms with E-state index in [2.05, 4.69) is 5.32 Å².